The summed E-state index contributed by atoms with van der Waals surface area (Å²) in [7, 11) is 4.38. The van der Waals surface area contributed by atoms with Crippen LogP contribution in [-0.4, -0.2) is 90.4 Å². The molecule has 4 N–H and O–H groups in total. The molecule has 0 atom stereocenters. The zero-order valence-electron chi connectivity index (χ0n) is 33.4. The number of hydrogen-bond donors (Lipinski definition) is 4. The van der Waals surface area contributed by atoms with Gasteiger partial charge in [-0.15, -0.1) is 0 Å². The maximum atomic E-state index is 13.6. The molecule has 0 aromatic rings. The second kappa shape index (κ2) is 19.6. The number of piperidine rings is 2. The van der Waals surface area contributed by atoms with Crippen LogP contribution in [0.25, 0.3) is 0 Å². The number of carboxylic acid groups (broad SMARTS) is 4. The minimum Gasteiger partial charge on any atom is -0.481 e. The highest BCUT2D eigenvalue weighted by atomic mass is 16.4. The first kappa shape index (κ1) is 45.8. The van der Waals surface area contributed by atoms with Gasteiger partial charge >= 0.3 is 23.9 Å². The Balaban J connectivity index is 0.000000751. The minimum absolute atomic E-state index is 0.0690. The number of aliphatic carboxylic acids is 4. The van der Waals surface area contributed by atoms with Crippen LogP contribution in [0.15, 0.2) is 0 Å². The van der Waals surface area contributed by atoms with Crippen molar-refractivity contribution in [1.82, 2.24) is 9.80 Å². The lowest BCUT2D eigenvalue weighted by Crippen LogP contribution is -2.65. The van der Waals surface area contributed by atoms with Crippen LogP contribution in [0.1, 0.15) is 177 Å². The van der Waals surface area contributed by atoms with E-state index < -0.39 is 29.3 Å². The van der Waals surface area contributed by atoms with Gasteiger partial charge in [-0.05, 0) is 133 Å². The molecule has 0 spiro atoms. The molecule has 2 aliphatic heterocycles. The van der Waals surface area contributed by atoms with Crippen LogP contribution in [0.5, 0.6) is 0 Å². The zero-order chi connectivity index (χ0) is 38.6. The topological polar surface area (TPSA) is 156 Å². The predicted octanol–water partition coefficient (Wildman–Crippen LogP) is 8.95. The monoisotopic (exact) mass is 711 g/mol. The van der Waals surface area contributed by atoms with Gasteiger partial charge in [0.1, 0.15) is 0 Å². The SMILES string of the molecule is CN1C(C)(C)CC(C(CCCCCCCC(=O)O)(C(=O)O)C2CC(C)(C)N(C)C(C)(C)C2)CC1(C)C.O=C(O)CCCCCCCCC(=O)O. The Morgan fingerprint density at radius 3 is 0.960 bits per heavy atom. The van der Waals surface area contributed by atoms with Crippen molar-refractivity contribution in [2.24, 2.45) is 17.3 Å². The third kappa shape index (κ3) is 13.7. The lowest BCUT2D eigenvalue weighted by atomic mass is 9.52. The summed E-state index contributed by atoms with van der Waals surface area (Å²) in [5.74, 6) is -2.59. The van der Waals surface area contributed by atoms with Crippen molar-refractivity contribution in [1.29, 1.82) is 0 Å². The van der Waals surface area contributed by atoms with E-state index in [-0.39, 0.29) is 53.3 Å². The Labute approximate surface area is 303 Å². The van der Waals surface area contributed by atoms with Crippen LogP contribution in [0, 0.1) is 17.3 Å². The molecule has 0 radical (unpaired) electrons. The van der Waals surface area contributed by atoms with Gasteiger partial charge in [-0.2, -0.15) is 0 Å². The Kier molecular flexibility index (Phi) is 17.9. The molecular formula is C40H74N2O8. The van der Waals surface area contributed by atoms with Gasteiger partial charge in [0.25, 0.3) is 0 Å². The van der Waals surface area contributed by atoms with E-state index in [2.05, 4.69) is 79.3 Å². The van der Waals surface area contributed by atoms with Crippen LogP contribution in [0.2, 0.25) is 0 Å². The Bertz CT molecular complexity index is 1000. The summed E-state index contributed by atoms with van der Waals surface area (Å²) in [5.41, 5.74) is -1.03. The molecule has 10 nitrogen and oxygen atoms in total. The van der Waals surface area contributed by atoms with E-state index in [0.29, 0.717) is 12.8 Å². The summed E-state index contributed by atoms with van der Waals surface area (Å²) >= 11 is 0. The molecule has 0 saturated carbocycles. The van der Waals surface area contributed by atoms with E-state index in [9.17, 15) is 24.3 Å². The van der Waals surface area contributed by atoms with Gasteiger partial charge in [0, 0.05) is 41.4 Å². The first-order chi connectivity index (χ1) is 22.9. The third-order valence-electron chi connectivity index (χ3n) is 12.5. The van der Waals surface area contributed by atoms with Crippen molar-refractivity contribution in [3.8, 4) is 0 Å². The Morgan fingerprint density at radius 1 is 0.480 bits per heavy atom. The molecule has 2 saturated heterocycles. The Morgan fingerprint density at radius 2 is 0.720 bits per heavy atom. The number of unbranched alkanes of at least 4 members (excludes halogenated alkanes) is 9. The average Bonchev–Trinajstić information content (AvgIpc) is 2.96. The maximum Gasteiger partial charge on any atom is 0.310 e. The second-order valence-electron chi connectivity index (χ2n) is 18.0. The molecule has 0 aliphatic carbocycles. The standard InChI is InChI=1S/C30H56N2O4.C10H18O4/c1-26(2)18-22(19-27(3,4)31(26)9)30(25(35)36,17-15-13-11-12-14-16-24(33)34)23-20-28(5,6)32(10)29(7,8)21-23;11-9(12)7-5-3-1-2-4-6-8-10(13)14/h22-23H,11-21H2,1-10H3,(H,33,34)(H,35,36);1-8H2,(H,11,12)(H,13,14). The average molecular weight is 711 g/mol. The van der Waals surface area contributed by atoms with Gasteiger partial charge in [-0.3, -0.25) is 29.0 Å². The number of nitrogens with zero attached hydrogens (tertiary/aromatic N) is 2. The highest BCUT2D eigenvalue weighted by Crippen LogP contribution is 2.58. The van der Waals surface area contributed by atoms with Crippen LogP contribution in [0.3, 0.4) is 0 Å². The quantitative estimate of drug-likeness (QED) is 0.0900. The number of likely N-dealkylation sites (tertiary alicyclic amines) is 2. The molecule has 2 aliphatic rings. The largest absolute Gasteiger partial charge is 0.481 e. The molecule has 292 valence electrons. The number of rotatable bonds is 20. The molecule has 0 aromatic carbocycles. The molecule has 50 heavy (non-hydrogen) atoms. The first-order valence-electron chi connectivity index (χ1n) is 19.3. The summed E-state index contributed by atoms with van der Waals surface area (Å²) in [6.45, 7) is 18.2. The normalized spacial score (nSPS) is 20.8. The van der Waals surface area contributed by atoms with Crippen LogP contribution < -0.4 is 0 Å². The highest BCUT2D eigenvalue weighted by molar-refractivity contribution is 5.76. The van der Waals surface area contributed by atoms with Crippen LogP contribution in [-0.2, 0) is 19.2 Å². The molecule has 0 unspecified atom stereocenters. The number of carbonyl (C=O) groups is 4. The van der Waals surface area contributed by atoms with Crippen molar-refractivity contribution >= 4 is 23.9 Å². The van der Waals surface area contributed by atoms with E-state index in [1.807, 2.05) is 0 Å². The fourth-order valence-electron chi connectivity index (χ4n) is 9.15. The van der Waals surface area contributed by atoms with Crippen molar-refractivity contribution in [3.05, 3.63) is 0 Å². The van der Waals surface area contributed by atoms with Crippen molar-refractivity contribution in [3.63, 3.8) is 0 Å². The summed E-state index contributed by atoms with van der Waals surface area (Å²) in [4.78, 5) is 49.6. The molecule has 0 bridgehead atoms. The summed E-state index contributed by atoms with van der Waals surface area (Å²) in [6.07, 6.45) is 14.8. The van der Waals surface area contributed by atoms with E-state index in [1.165, 1.54) is 0 Å². The molecule has 2 heterocycles. The van der Waals surface area contributed by atoms with Gasteiger partial charge in [0.2, 0.25) is 0 Å². The molecule has 0 amide bonds. The van der Waals surface area contributed by atoms with Crippen LogP contribution in [0.4, 0.5) is 0 Å². The minimum atomic E-state index is -0.757. The van der Waals surface area contributed by atoms with Gasteiger partial charge in [0.15, 0.2) is 0 Å². The number of hydrogen-bond acceptors (Lipinski definition) is 6. The predicted molar refractivity (Wildman–Crippen MR) is 200 cm³/mol. The molecule has 10 heteroatoms. The molecule has 0 aromatic heterocycles. The van der Waals surface area contributed by atoms with E-state index in [4.69, 9.17) is 15.3 Å². The maximum absolute atomic E-state index is 13.6. The molecule has 2 rings (SSSR count). The number of carboxylic acids is 4. The first-order valence-corrected chi connectivity index (χ1v) is 19.3. The fourth-order valence-corrected chi connectivity index (χ4v) is 9.15. The summed E-state index contributed by atoms with van der Waals surface area (Å²) in [6, 6.07) is 0. The Hall–Kier alpha value is -2.20. The van der Waals surface area contributed by atoms with E-state index >= 15 is 0 Å². The van der Waals surface area contributed by atoms with Crippen molar-refractivity contribution in [2.75, 3.05) is 14.1 Å². The van der Waals surface area contributed by atoms with Crippen LogP contribution >= 0.6 is 0 Å². The molecular weight excluding hydrogens is 636 g/mol. The summed E-state index contributed by atoms with van der Waals surface area (Å²) in [5, 5.41) is 36.8. The lowest BCUT2D eigenvalue weighted by Gasteiger charge is -2.61. The van der Waals surface area contributed by atoms with Gasteiger partial charge in [-0.1, -0.05) is 51.4 Å². The highest BCUT2D eigenvalue weighted by Gasteiger charge is 2.60. The molecule has 2 fully saturated rings. The van der Waals surface area contributed by atoms with Gasteiger partial charge in [0.05, 0.1) is 5.41 Å². The smallest absolute Gasteiger partial charge is 0.310 e. The van der Waals surface area contributed by atoms with Gasteiger partial charge < -0.3 is 20.4 Å². The lowest BCUT2D eigenvalue weighted by molar-refractivity contribution is -0.176. The van der Waals surface area contributed by atoms with Gasteiger partial charge in [-0.25, -0.2) is 0 Å². The summed E-state index contributed by atoms with van der Waals surface area (Å²) < 4.78 is 0. The zero-order valence-corrected chi connectivity index (χ0v) is 33.4. The fraction of sp³-hybridized carbons (Fsp3) is 0.900. The van der Waals surface area contributed by atoms with E-state index in [0.717, 1.165) is 89.9 Å². The van der Waals surface area contributed by atoms with Crippen molar-refractivity contribution < 1.29 is 39.6 Å². The third-order valence-corrected chi connectivity index (χ3v) is 12.5. The van der Waals surface area contributed by atoms with E-state index in [1.54, 1.807) is 0 Å². The van der Waals surface area contributed by atoms with Crippen molar-refractivity contribution in [2.45, 2.75) is 200 Å². The second-order valence-corrected chi connectivity index (χ2v) is 18.0.